The zero-order valence-corrected chi connectivity index (χ0v) is 16.5. The maximum atomic E-state index is 12.8. The molecule has 3 fully saturated rings. The topological polar surface area (TPSA) is 76.2 Å². The van der Waals surface area contributed by atoms with Crippen LogP contribution in [0.1, 0.15) is 12.8 Å². The predicted molar refractivity (Wildman–Crippen MR) is 99.0 cm³/mol. The Balaban J connectivity index is 1.34. The predicted octanol–water partition coefficient (Wildman–Crippen LogP) is 1.37. The summed E-state index contributed by atoms with van der Waals surface area (Å²) in [5, 5.41) is 0.222. The number of carbonyl (C=O) groups is 1. The molecule has 0 radical (unpaired) electrons. The molecule has 1 unspecified atom stereocenters. The van der Waals surface area contributed by atoms with Crippen molar-refractivity contribution in [2.75, 3.05) is 46.0 Å². The Hall–Kier alpha value is -1.19. The van der Waals surface area contributed by atoms with Crippen molar-refractivity contribution in [2.45, 2.75) is 23.3 Å². The highest BCUT2D eigenvalue weighted by Gasteiger charge is 2.54. The summed E-state index contributed by atoms with van der Waals surface area (Å²) in [6, 6.07) is 6.45. The zero-order valence-electron chi connectivity index (χ0n) is 15.0. The Morgan fingerprint density at radius 3 is 2.63 bits per heavy atom. The van der Waals surface area contributed by atoms with Crippen LogP contribution in [-0.4, -0.2) is 75.1 Å². The van der Waals surface area contributed by atoms with Gasteiger partial charge in [-0.05, 0) is 24.5 Å². The van der Waals surface area contributed by atoms with Crippen molar-refractivity contribution in [1.82, 2.24) is 9.21 Å². The molecule has 0 aliphatic carbocycles. The van der Waals surface area contributed by atoms with E-state index in [9.17, 15) is 13.2 Å². The van der Waals surface area contributed by atoms with Gasteiger partial charge in [-0.2, -0.15) is 4.31 Å². The van der Waals surface area contributed by atoms with Gasteiger partial charge in [-0.25, -0.2) is 8.42 Å². The van der Waals surface area contributed by atoms with Crippen LogP contribution in [0.3, 0.4) is 0 Å². The van der Waals surface area contributed by atoms with Gasteiger partial charge in [0.1, 0.15) is 4.90 Å². The van der Waals surface area contributed by atoms with Crippen LogP contribution in [0.25, 0.3) is 0 Å². The van der Waals surface area contributed by atoms with Crippen LogP contribution in [0.5, 0.6) is 0 Å². The first-order valence-electron chi connectivity index (χ1n) is 9.14. The van der Waals surface area contributed by atoms with Crippen molar-refractivity contribution < 1.29 is 22.7 Å². The van der Waals surface area contributed by atoms with Gasteiger partial charge in [-0.1, -0.05) is 23.7 Å². The van der Waals surface area contributed by atoms with Crippen LogP contribution in [0, 0.1) is 5.92 Å². The van der Waals surface area contributed by atoms with Crippen LogP contribution in [-0.2, 0) is 24.3 Å². The summed E-state index contributed by atoms with van der Waals surface area (Å²) in [6.07, 6.45) is 1.15. The summed E-state index contributed by atoms with van der Waals surface area (Å²) in [5.74, 6) is 0.259. The lowest BCUT2D eigenvalue weighted by Crippen LogP contribution is -2.63. The third kappa shape index (κ3) is 3.73. The highest BCUT2D eigenvalue weighted by Crippen LogP contribution is 2.42. The van der Waals surface area contributed by atoms with Gasteiger partial charge in [0, 0.05) is 32.6 Å². The molecule has 3 saturated heterocycles. The lowest BCUT2D eigenvalue weighted by molar-refractivity contribution is -0.136. The molecule has 1 aromatic carbocycles. The monoisotopic (exact) mass is 414 g/mol. The number of ether oxygens (including phenoxy) is 2. The highest BCUT2D eigenvalue weighted by atomic mass is 35.5. The SMILES string of the molecule is O=C(CC1COC2(C1)CN(S(=O)(=O)c1ccccc1Cl)C2)N1CCOCC1. The average molecular weight is 415 g/mol. The van der Waals surface area contributed by atoms with Gasteiger partial charge >= 0.3 is 0 Å². The Kier molecular flexibility index (Phi) is 5.20. The van der Waals surface area contributed by atoms with Gasteiger partial charge < -0.3 is 14.4 Å². The number of amides is 1. The molecule has 3 heterocycles. The van der Waals surface area contributed by atoms with Crippen LogP contribution < -0.4 is 0 Å². The third-order valence-corrected chi connectivity index (χ3v) is 7.79. The largest absolute Gasteiger partial charge is 0.378 e. The van der Waals surface area contributed by atoms with Gasteiger partial charge in [0.2, 0.25) is 15.9 Å². The van der Waals surface area contributed by atoms with E-state index in [0.717, 1.165) is 0 Å². The molecular formula is C18H23ClN2O5S. The van der Waals surface area contributed by atoms with Crippen molar-refractivity contribution in [1.29, 1.82) is 0 Å². The second kappa shape index (κ2) is 7.33. The number of nitrogens with zero attached hydrogens (tertiary/aromatic N) is 2. The Morgan fingerprint density at radius 2 is 1.93 bits per heavy atom. The first-order chi connectivity index (χ1) is 12.9. The maximum Gasteiger partial charge on any atom is 0.244 e. The molecule has 0 aromatic heterocycles. The molecule has 1 amide bonds. The second-order valence-electron chi connectivity index (χ2n) is 7.46. The molecule has 0 bridgehead atoms. The van der Waals surface area contributed by atoms with E-state index in [-0.39, 0.29) is 21.7 Å². The summed E-state index contributed by atoms with van der Waals surface area (Å²) in [6.45, 7) is 3.57. The standard InChI is InChI=1S/C18H23ClN2O5S/c19-15-3-1-2-4-16(15)27(23,24)21-12-18(13-21)10-14(11-26-18)9-17(22)20-5-7-25-8-6-20/h1-4,14H,5-13H2. The normalized spacial score (nSPS) is 25.5. The minimum atomic E-state index is -3.62. The Morgan fingerprint density at radius 1 is 1.22 bits per heavy atom. The lowest BCUT2D eigenvalue weighted by Gasteiger charge is -2.46. The average Bonchev–Trinajstić information content (AvgIpc) is 3.06. The minimum Gasteiger partial charge on any atom is -0.378 e. The van der Waals surface area contributed by atoms with Gasteiger partial charge in [-0.3, -0.25) is 4.79 Å². The summed E-state index contributed by atoms with van der Waals surface area (Å²) >= 11 is 6.05. The summed E-state index contributed by atoms with van der Waals surface area (Å²) in [7, 11) is -3.62. The molecule has 1 spiro atoms. The van der Waals surface area contributed by atoms with Crippen LogP contribution in [0.15, 0.2) is 29.2 Å². The molecule has 9 heteroatoms. The Bertz CT molecular complexity index is 819. The van der Waals surface area contributed by atoms with Gasteiger partial charge in [-0.15, -0.1) is 0 Å². The fourth-order valence-electron chi connectivity index (χ4n) is 4.04. The van der Waals surface area contributed by atoms with Crippen molar-refractivity contribution in [2.24, 2.45) is 5.92 Å². The van der Waals surface area contributed by atoms with Crippen molar-refractivity contribution in [3.8, 4) is 0 Å². The summed E-state index contributed by atoms with van der Waals surface area (Å²) in [5.41, 5.74) is -0.468. The molecular weight excluding hydrogens is 392 g/mol. The smallest absolute Gasteiger partial charge is 0.244 e. The minimum absolute atomic E-state index is 0.124. The first-order valence-corrected chi connectivity index (χ1v) is 11.0. The first kappa shape index (κ1) is 19.1. The molecule has 0 saturated carbocycles. The van der Waals surface area contributed by atoms with E-state index in [1.165, 1.54) is 10.4 Å². The van der Waals surface area contributed by atoms with E-state index in [1.807, 2.05) is 4.90 Å². The molecule has 7 nitrogen and oxygen atoms in total. The van der Waals surface area contributed by atoms with E-state index in [1.54, 1.807) is 18.2 Å². The van der Waals surface area contributed by atoms with Gasteiger partial charge in [0.25, 0.3) is 0 Å². The quantitative estimate of drug-likeness (QED) is 0.743. The summed E-state index contributed by atoms with van der Waals surface area (Å²) in [4.78, 5) is 14.4. The molecule has 148 valence electrons. The third-order valence-electron chi connectivity index (χ3n) is 5.50. The number of sulfonamides is 1. The molecule has 27 heavy (non-hydrogen) atoms. The van der Waals surface area contributed by atoms with E-state index in [0.29, 0.717) is 58.8 Å². The van der Waals surface area contributed by atoms with Crippen LogP contribution >= 0.6 is 11.6 Å². The van der Waals surface area contributed by atoms with E-state index < -0.39 is 15.6 Å². The highest BCUT2D eigenvalue weighted by molar-refractivity contribution is 7.89. The second-order valence-corrected chi connectivity index (χ2v) is 9.78. The molecule has 1 aromatic rings. The molecule has 3 aliphatic rings. The molecule has 3 aliphatic heterocycles. The van der Waals surface area contributed by atoms with E-state index in [2.05, 4.69) is 0 Å². The molecule has 1 atom stereocenters. The molecule has 4 rings (SSSR count). The van der Waals surface area contributed by atoms with Crippen molar-refractivity contribution in [3.63, 3.8) is 0 Å². The van der Waals surface area contributed by atoms with Crippen molar-refractivity contribution in [3.05, 3.63) is 29.3 Å². The van der Waals surface area contributed by atoms with E-state index in [4.69, 9.17) is 21.1 Å². The number of halogens is 1. The lowest BCUT2D eigenvalue weighted by atomic mass is 9.87. The van der Waals surface area contributed by atoms with Gasteiger partial charge in [0.05, 0.1) is 30.4 Å². The van der Waals surface area contributed by atoms with E-state index >= 15 is 0 Å². The number of morpholine rings is 1. The number of benzene rings is 1. The number of hydrogen-bond donors (Lipinski definition) is 0. The fraction of sp³-hybridized carbons (Fsp3) is 0.611. The van der Waals surface area contributed by atoms with Gasteiger partial charge in [0.15, 0.2) is 0 Å². The van der Waals surface area contributed by atoms with Crippen LogP contribution in [0.4, 0.5) is 0 Å². The number of hydrogen-bond acceptors (Lipinski definition) is 5. The van der Waals surface area contributed by atoms with Crippen molar-refractivity contribution >= 4 is 27.5 Å². The van der Waals surface area contributed by atoms with Crippen LogP contribution in [0.2, 0.25) is 5.02 Å². The maximum absolute atomic E-state index is 12.8. The number of rotatable bonds is 4. The summed E-state index contributed by atoms with van der Waals surface area (Å²) < 4.78 is 38.1. The fourth-order valence-corrected chi connectivity index (χ4v) is 6.12. The zero-order chi connectivity index (χ0) is 19.1. The number of carbonyl (C=O) groups excluding carboxylic acids is 1. The Labute approximate surface area is 164 Å². The molecule has 0 N–H and O–H groups in total.